The van der Waals surface area contributed by atoms with Gasteiger partial charge in [-0.25, -0.2) is 0 Å². The number of rotatable bonds is 5. The van der Waals surface area contributed by atoms with E-state index in [0.29, 0.717) is 16.6 Å². The van der Waals surface area contributed by atoms with Gasteiger partial charge in [0.1, 0.15) is 5.75 Å². The van der Waals surface area contributed by atoms with Gasteiger partial charge in [0.2, 0.25) is 0 Å². The molecule has 0 amide bonds. The molecule has 0 aromatic heterocycles. The van der Waals surface area contributed by atoms with E-state index in [2.05, 4.69) is 5.32 Å². The van der Waals surface area contributed by atoms with Crippen LogP contribution in [-0.2, 0) is 6.54 Å². The minimum Gasteiger partial charge on any atom is -0.491 e. The number of anilines is 1. The van der Waals surface area contributed by atoms with Gasteiger partial charge in [-0.15, -0.1) is 0 Å². The monoisotopic (exact) mass is 309 g/mol. The SMILES string of the molecule is CC(C)Oc1ccc(NCc2cccc(Cl)c2Cl)cc1. The van der Waals surface area contributed by atoms with Crippen molar-refractivity contribution in [3.8, 4) is 5.75 Å². The Bertz CT molecular complexity index is 567. The number of halogens is 2. The molecule has 106 valence electrons. The zero-order chi connectivity index (χ0) is 14.5. The first-order valence-electron chi connectivity index (χ1n) is 6.49. The molecule has 0 unspecified atom stereocenters. The molecule has 0 radical (unpaired) electrons. The maximum atomic E-state index is 6.15. The minimum atomic E-state index is 0.180. The summed E-state index contributed by atoms with van der Waals surface area (Å²) in [5.74, 6) is 0.867. The summed E-state index contributed by atoms with van der Waals surface area (Å²) >= 11 is 12.1. The van der Waals surface area contributed by atoms with Gasteiger partial charge in [0.15, 0.2) is 0 Å². The summed E-state index contributed by atoms with van der Waals surface area (Å²) in [6.07, 6.45) is 0.180. The van der Waals surface area contributed by atoms with Crippen LogP contribution in [0.15, 0.2) is 42.5 Å². The first-order chi connectivity index (χ1) is 9.56. The highest BCUT2D eigenvalue weighted by atomic mass is 35.5. The number of hydrogen-bond donors (Lipinski definition) is 1. The minimum absolute atomic E-state index is 0.180. The van der Waals surface area contributed by atoms with E-state index in [4.69, 9.17) is 27.9 Å². The van der Waals surface area contributed by atoms with Crippen LogP contribution in [-0.4, -0.2) is 6.10 Å². The molecule has 0 saturated heterocycles. The van der Waals surface area contributed by atoms with Crippen molar-refractivity contribution in [1.82, 2.24) is 0 Å². The van der Waals surface area contributed by atoms with Crippen LogP contribution in [0.4, 0.5) is 5.69 Å². The zero-order valence-corrected chi connectivity index (χ0v) is 13.0. The van der Waals surface area contributed by atoms with Crippen molar-refractivity contribution in [1.29, 1.82) is 0 Å². The predicted molar refractivity (Wildman–Crippen MR) is 86.0 cm³/mol. The predicted octanol–water partition coefficient (Wildman–Crippen LogP) is 5.39. The molecule has 1 N–H and O–H groups in total. The van der Waals surface area contributed by atoms with Crippen LogP contribution in [0.25, 0.3) is 0 Å². The van der Waals surface area contributed by atoms with Crippen LogP contribution >= 0.6 is 23.2 Å². The first-order valence-corrected chi connectivity index (χ1v) is 7.25. The smallest absolute Gasteiger partial charge is 0.119 e. The van der Waals surface area contributed by atoms with Crippen LogP contribution < -0.4 is 10.1 Å². The summed E-state index contributed by atoms with van der Waals surface area (Å²) in [7, 11) is 0. The maximum Gasteiger partial charge on any atom is 0.119 e. The summed E-state index contributed by atoms with van der Waals surface area (Å²) < 4.78 is 5.60. The van der Waals surface area contributed by atoms with Gasteiger partial charge < -0.3 is 10.1 Å². The second-order valence-electron chi connectivity index (χ2n) is 4.76. The molecule has 0 aliphatic rings. The number of nitrogens with one attached hydrogen (secondary N) is 1. The lowest BCUT2D eigenvalue weighted by Crippen LogP contribution is -2.05. The van der Waals surface area contributed by atoms with Gasteiger partial charge in [-0.2, -0.15) is 0 Å². The summed E-state index contributed by atoms with van der Waals surface area (Å²) in [4.78, 5) is 0. The van der Waals surface area contributed by atoms with Crippen molar-refractivity contribution >= 4 is 28.9 Å². The van der Waals surface area contributed by atoms with E-state index in [1.54, 1.807) is 6.07 Å². The molecule has 0 bridgehead atoms. The molecule has 0 atom stereocenters. The largest absolute Gasteiger partial charge is 0.491 e. The van der Waals surface area contributed by atoms with Crippen molar-refractivity contribution in [2.24, 2.45) is 0 Å². The standard InChI is InChI=1S/C16H17Cl2NO/c1-11(2)20-14-8-6-13(7-9-14)19-10-12-4-3-5-15(17)16(12)18/h3-9,11,19H,10H2,1-2H3. The van der Waals surface area contributed by atoms with Gasteiger partial charge >= 0.3 is 0 Å². The first kappa shape index (κ1) is 15.0. The van der Waals surface area contributed by atoms with Crippen molar-refractivity contribution in [3.63, 3.8) is 0 Å². The molecule has 0 spiro atoms. The van der Waals surface area contributed by atoms with Crippen LogP contribution in [0.3, 0.4) is 0 Å². The Kier molecular flexibility index (Phi) is 5.16. The highest BCUT2D eigenvalue weighted by Gasteiger charge is 2.04. The second kappa shape index (κ2) is 6.87. The summed E-state index contributed by atoms with van der Waals surface area (Å²) in [6.45, 7) is 4.64. The average Bonchev–Trinajstić information content (AvgIpc) is 2.41. The van der Waals surface area contributed by atoms with Crippen LogP contribution in [0.1, 0.15) is 19.4 Å². The van der Waals surface area contributed by atoms with Gasteiger partial charge in [0.25, 0.3) is 0 Å². The Labute approximate surface area is 129 Å². The lowest BCUT2D eigenvalue weighted by Gasteiger charge is -2.12. The highest BCUT2D eigenvalue weighted by Crippen LogP contribution is 2.26. The fraction of sp³-hybridized carbons (Fsp3) is 0.250. The molecule has 2 rings (SSSR count). The lowest BCUT2D eigenvalue weighted by atomic mass is 10.2. The summed E-state index contributed by atoms with van der Waals surface area (Å²) in [5.41, 5.74) is 1.99. The molecular formula is C16H17Cl2NO. The van der Waals surface area contributed by atoms with Crippen molar-refractivity contribution in [3.05, 3.63) is 58.1 Å². The molecule has 20 heavy (non-hydrogen) atoms. The molecule has 0 heterocycles. The van der Waals surface area contributed by atoms with Crippen molar-refractivity contribution < 1.29 is 4.74 Å². The van der Waals surface area contributed by atoms with Crippen LogP contribution in [0.2, 0.25) is 10.0 Å². The van der Waals surface area contributed by atoms with E-state index in [1.165, 1.54) is 0 Å². The molecule has 0 aliphatic heterocycles. The normalized spacial score (nSPS) is 10.7. The third-order valence-electron chi connectivity index (χ3n) is 2.74. The third kappa shape index (κ3) is 4.06. The zero-order valence-electron chi connectivity index (χ0n) is 11.5. The molecule has 0 fully saturated rings. The number of ether oxygens (including phenoxy) is 1. The van der Waals surface area contributed by atoms with Crippen molar-refractivity contribution in [2.45, 2.75) is 26.5 Å². The second-order valence-corrected chi connectivity index (χ2v) is 5.54. The molecular weight excluding hydrogens is 293 g/mol. The van der Waals surface area contributed by atoms with Crippen molar-refractivity contribution in [2.75, 3.05) is 5.32 Å². The Morgan fingerprint density at radius 1 is 1.05 bits per heavy atom. The van der Waals surface area contributed by atoms with E-state index in [0.717, 1.165) is 17.0 Å². The van der Waals surface area contributed by atoms with E-state index in [9.17, 15) is 0 Å². The Morgan fingerprint density at radius 2 is 1.75 bits per heavy atom. The Balaban J connectivity index is 1.99. The molecule has 2 nitrogen and oxygen atoms in total. The highest BCUT2D eigenvalue weighted by molar-refractivity contribution is 6.42. The van der Waals surface area contributed by atoms with Crippen LogP contribution in [0.5, 0.6) is 5.75 Å². The molecule has 2 aromatic rings. The van der Waals surface area contributed by atoms with Gasteiger partial charge in [-0.05, 0) is 49.7 Å². The molecule has 2 aromatic carbocycles. The number of benzene rings is 2. The molecule has 0 aliphatic carbocycles. The Hall–Kier alpha value is -1.38. The fourth-order valence-corrected chi connectivity index (χ4v) is 2.19. The van der Waals surface area contributed by atoms with Gasteiger partial charge in [0.05, 0.1) is 16.1 Å². The van der Waals surface area contributed by atoms with E-state index in [-0.39, 0.29) is 6.10 Å². The fourth-order valence-electron chi connectivity index (χ4n) is 1.81. The molecule has 4 heteroatoms. The van der Waals surface area contributed by atoms with E-state index >= 15 is 0 Å². The topological polar surface area (TPSA) is 21.3 Å². The third-order valence-corrected chi connectivity index (χ3v) is 3.60. The quantitative estimate of drug-likeness (QED) is 0.799. The molecule has 0 saturated carbocycles. The van der Waals surface area contributed by atoms with Gasteiger partial charge in [-0.3, -0.25) is 0 Å². The summed E-state index contributed by atoms with van der Waals surface area (Å²) in [5, 5.41) is 4.49. The van der Waals surface area contributed by atoms with Gasteiger partial charge in [-0.1, -0.05) is 35.3 Å². The lowest BCUT2D eigenvalue weighted by molar-refractivity contribution is 0.242. The maximum absolute atomic E-state index is 6.15. The van der Waals surface area contributed by atoms with Gasteiger partial charge in [0, 0.05) is 12.2 Å². The van der Waals surface area contributed by atoms with Crippen LogP contribution in [0, 0.1) is 0 Å². The van der Waals surface area contributed by atoms with E-state index in [1.807, 2.05) is 50.2 Å². The Morgan fingerprint density at radius 3 is 2.40 bits per heavy atom. The van der Waals surface area contributed by atoms with E-state index < -0.39 is 0 Å². The average molecular weight is 310 g/mol. The number of hydrogen-bond acceptors (Lipinski definition) is 2. The summed E-state index contributed by atoms with van der Waals surface area (Å²) in [6, 6.07) is 13.5.